The van der Waals surface area contributed by atoms with Crippen LogP contribution in [0.1, 0.15) is 46.0 Å². The lowest BCUT2D eigenvalue weighted by Gasteiger charge is -2.25. The zero-order valence-corrected chi connectivity index (χ0v) is 12.1. The highest BCUT2D eigenvalue weighted by molar-refractivity contribution is 5.95. The fourth-order valence-corrected chi connectivity index (χ4v) is 2.87. The highest BCUT2D eigenvalue weighted by Crippen LogP contribution is 2.33. The number of carbonyl (C=O) groups excluding carboxylic acids is 1. The number of hydrogen-bond donors (Lipinski definition) is 1. The zero-order valence-electron chi connectivity index (χ0n) is 12.1. The lowest BCUT2D eigenvalue weighted by atomic mass is 9.89. The molecular weight excluding hydrogens is 262 g/mol. The summed E-state index contributed by atoms with van der Waals surface area (Å²) in [5.41, 5.74) is 10.2. The normalized spacial score (nSPS) is 17.1. The second kappa shape index (κ2) is 5.60. The van der Waals surface area contributed by atoms with Crippen LogP contribution in [0.25, 0.3) is 0 Å². The minimum Gasteiger partial charge on any atom is -0.454 e. The van der Waals surface area contributed by atoms with Crippen LogP contribution in [0, 0.1) is 6.92 Å². The Balaban J connectivity index is 1.84. The molecule has 2 N–H and O–H groups in total. The largest absolute Gasteiger partial charge is 0.454 e. The van der Waals surface area contributed by atoms with E-state index in [0.29, 0.717) is 11.3 Å². The molecule has 0 amide bonds. The number of carbonyl (C=O) groups is 1. The van der Waals surface area contributed by atoms with Gasteiger partial charge in [-0.25, -0.2) is 4.79 Å². The standard InChI is InChI=1S/C18H19NO2/c1-12-9-10-16(19)15(11-12)18(20)21-17-8-4-6-13-5-2-3-7-14(13)17/h2-3,5,7,9-11,17H,4,6,8,19H2,1H3. The number of rotatable bonds is 2. The first kappa shape index (κ1) is 13.7. The number of benzene rings is 2. The maximum Gasteiger partial charge on any atom is 0.340 e. The van der Waals surface area contributed by atoms with Gasteiger partial charge in [-0.2, -0.15) is 0 Å². The van der Waals surface area contributed by atoms with Gasteiger partial charge in [0.25, 0.3) is 0 Å². The molecule has 1 aliphatic rings. The summed E-state index contributed by atoms with van der Waals surface area (Å²) in [5, 5.41) is 0. The molecule has 108 valence electrons. The second-order valence-electron chi connectivity index (χ2n) is 5.58. The molecule has 0 aromatic heterocycles. The zero-order chi connectivity index (χ0) is 14.8. The summed E-state index contributed by atoms with van der Waals surface area (Å²) in [4.78, 5) is 12.4. The lowest BCUT2D eigenvalue weighted by Crippen LogP contribution is -2.17. The SMILES string of the molecule is Cc1ccc(N)c(C(=O)OC2CCCc3ccccc32)c1. The molecule has 0 saturated heterocycles. The molecule has 2 aromatic rings. The van der Waals surface area contributed by atoms with Crippen LogP contribution in [0.2, 0.25) is 0 Å². The summed E-state index contributed by atoms with van der Waals surface area (Å²) < 4.78 is 5.72. The molecule has 0 fully saturated rings. The van der Waals surface area contributed by atoms with Crippen LogP contribution < -0.4 is 5.73 Å². The van der Waals surface area contributed by atoms with E-state index in [0.717, 1.165) is 30.4 Å². The first-order chi connectivity index (χ1) is 10.1. The molecule has 0 heterocycles. The minimum atomic E-state index is -0.335. The molecule has 1 atom stereocenters. The van der Waals surface area contributed by atoms with Crippen LogP contribution in [0.5, 0.6) is 0 Å². The molecule has 0 spiro atoms. The number of fused-ring (bicyclic) bond motifs is 1. The van der Waals surface area contributed by atoms with Gasteiger partial charge >= 0.3 is 5.97 Å². The van der Waals surface area contributed by atoms with E-state index >= 15 is 0 Å². The third kappa shape index (κ3) is 2.77. The number of anilines is 1. The minimum absolute atomic E-state index is 0.164. The van der Waals surface area contributed by atoms with Gasteiger partial charge in [0.05, 0.1) is 5.56 Å². The molecule has 3 nitrogen and oxygen atoms in total. The smallest absolute Gasteiger partial charge is 0.340 e. The van der Waals surface area contributed by atoms with E-state index in [1.165, 1.54) is 5.56 Å². The molecule has 3 heteroatoms. The molecular formula is C18H19NO2. The Morgan fingerprint density at radius 1 is 1.24 bits per heavy atom. The first-order valence-corrected chi connectivity index (χ1v) is 7.30. The molecule has 0 aliphatic heterocycles. The number of ether oxygens (including phenoxy) is 1. The summed E-state index contributed by atoms with van der Waals surface area (Å²) in [6, 6.07) is 13.6. The van der Waals surface area contributed by atoms with E-state index in [2.05, 4.69) is 6.07 Å². The molecule has 1 aliphatic carbocycles. The van der Waals surface area contributed by atoms with Crippen LogP contribution in [-0.2, 0) is 11.2 Å². The van der Waals surface area contributed by atoms with E-state index < -0.39 is 0 Å². The van der Waals surface area contributed by atoms with Gasteiger partial charge in [0.15, 0.2) is 0 Å². The summed E-state index contributed by atoms with van der Waals surface area (Å²) in [7, 11) is 0. The Bertz CT molecular complexity index is 679. The van der Waals surface area contributed by atoms with Gasteiger partial charge in [-0.05, 0) is 49.4 Å². The Morgan fingerprint density at radius 2 is 2.05 bits per heavy atom. The number of hydrogen-bond acceptors (Lipinski definition) is 3. The fourth-order valence-electron chi connectivity index (χ4n) is 2.87. The van der Waals surface area contributed by atoms with Crippen molar-refractivity contribution in [2.24, 2.45) is 0 Å². The Hall–Kier alpha value is -2.29. The van der Waals surface area contributed by atoms with Crippen molar-refractivity contribution in [3.8, 4) is 0 Å². The third-order valence-corrected chi connectivity index (χ3v) is 3.99. The van der Waals surface area contributed by atoms with Gasteiger partial charge < -0.3 is 10.5 Å². The first-order valence-electron chi connectivity index (χ1n) is 7.30. The molecule has 0 bridgehead atoms. The van der Waals surface area contributed by atoms with Crippen molar-refractivity contribution in [3.05, 3.63) is 64.7 Å². The highest BCUT2D eigenvalue weighted by Gasteiger charge is 2.24. The number of aryl methyl sites for hydroxylation is 2. The average Bonchev–Trinajstić information content (AvgIpc) is 2.50. The molecule has 2 aromatic carbocycles. The number of nitrogens with two attached hydrogens (primary N) is 1. The van der Waals surface area contributed by atoms with Crippen molar-refractivity contribution in [2.45, 2.75) is 32.3 Å². The monoisotopic (exact) mass is 281 g/mol. The maximum atomic E-state index is 12.4. The maximum absolute atomic E-state index is 12.4. The van der Waals surface area contributed by atoms with E-state index in [4.69, 9.17) is 10.5 Å². The lowest BCUT2D eigenvalue weighted by molar-refractivity contribution is 0.0257. The third-order valence-electron chi connectivity index (χ3n) is 3.99. The fraction of sp³-hybridized carbons (Fsp3) is 0.278. The Kier molecular flexibility index (Phi) is 3.65. The molecule has 0 radical (unpaired) electrons. The van der Waals surface area contributed by atoms with Crippen LogP contribution in [0.15, 0.2) is 42.5 Å². The van der Waals surface area contributed by atoms with Gasteiger partial charge in [-0.15, -0.1) is 0 Å². The number of esters is 1. The van der Waals surface area contributed by atoms with Gasteiger partial charge in [-0.1, -0.05) is 35.9 Å². The topological polar surface area (TPSA) is 52.3 Å². The summed E-state index contributed by atoms with van der Waals surface area (Å²) in [6.45, 7) is 1.94. The van der Waals surface area contributed by atoms with Crippen molar-refractivity contribution < 1.29 is 9.53 Å². The van der Waals surface area contributed by atoms with E-state index in [1.54, 1.807) is 12.1 Å². The molecule has 1 unspecified atom stereocenters. The summed E-state index contributed by atoms with van der Waals surface area (Å²) in [5.74, 6) is -0.335. The Labute approximate surface area is 124 Å². The van der Waals surface area contributed by atoms with E-state index in [-0.39, 0.29) is 12.1 Å². The van der Waals surface area contributed by atoms with Gasteiger partial charge in [0, 0.05) is 5.69 Å². The van der Waals surface area contributed by atoms with Gasteiger partial charge in [0.1, 0.15) is 6.10 Å². The summed E-state index contributed by atoms with van der Waals surface area (Å²) >= 11 is 0. The predicted molar refractivity (Wildman–Crippen MR) is 83.1 cm³/mol. The Morgan fingerprint density at radius 3 is 2.90 bits per heavy atom. The number of nitrogen functional groups attached to an aromatic ring is 1. The van der Waals surface area contributed by atoms with Crippen molar-refractivity contribution in [2.75, 3.05) is 5.73 Å². The van der Waals surface area contributed by atoms with Crippen LogP contribution in [0.3, 0.4) is 0 Å². The van der Waals surface area contributed by atoms with Crippen molar-refractivity contribution in [3.63, 3.8) is 0 Å². The van der Waals surface area contributed by atoms with Crippen molar-refractivity contribution >= 4 is 11.7 Å². The van der Waals surface area contributed by atoms with Gasteiger partial charge in [0.2, 0.25) is 0 Å². The van der Waals surface area contributed by atoms with Crippen molar-refractivity contribution in [1.29, 1.82) is 0 Å². The van der Waals surface area contributed by atoms with Crippen LogP contribution in [0.4, 0.5) is 5.69 Å². The van der Waals surface area contributed by atoms with E-state index in [9.17, 15) is 4.79 Å². The highest BCUT2D eigenvalue weighted by atomic mass is 16.5. The van der Waals surface area contributed by atoms with Gasteiger partial charge in [-0.3, -0.25) is 0 Å². The molecule has 21 heavy (non-hydrogen) atoms. The van der Waals surface area contributed by atoms with Crippen molar-refractivity contribution in [1.82, 2.24) is 0 Å². The van der Waals surface area contributed by atoms with Crippen LogP contribution in [-0.4, -0.2) is 5.97 Å². The summed E-state index contributed by atoms with van der Waals surface area (Å²) in [6.07, 6.45) is 2.80. The predicted octanol–water partition coefficient (Wildman–Crippen LogP) is 3.81. The van der Waals surface area contributed by atoms with Crippen LogP contribution >= 0.6 is 0 Å². The molecule has 0 saturated carbocycles. The average molecular weight is 281 g/mol. The molecule has 3 rings (SSSR count). The quantitative estimate of drug-likeness (QED) is 0.672. The van der Waals surface area contributed by atoms with E-state index in [1.807, 2.05) is 31.2 Å². The second-order valence-corrected chi connectivity index (χ2v) is 5.58.